The van der Waals surface area contributed by atoms with Gasteiger partial charge in [-0.05, 0) is 25.5 Å². The molecule has 2 N–H and O–H groups in total. The van der Waals surface area contributed by atoms with Crippen molar-refractivity contribution in [1.29, 1.82) is 0 Å². The lowest BCUT2D eigenvalue weighted by Gasteiger charge is -2.11. The van der Waals surface area contributed by atoms with Crippen molar-refractivity contribution >= 4 is 11.8 Å². The van der Waals surface area contributed by atoms with E-state index in [9.17, 15) is 0 Å². The second-order valence-electron chi connectivity index (χ2n) is 6.15. The van der Waals surface area contributed by atoms with Crippen LogP contribution in [0.1, 0.15) is 70.3 Å². The van der Waals surface area contributed by atoms with Gasteiger partial charge in [0.15, 0.2) is 0 Å². The minimum Gasteiger partial charge on any atom is -0.327 e. The summed E-state index contributed by atoms with van der Waals surface area (Å²) in [5.74, 6) is 1.04. The maximum atomic E-state index is 6.21. The lowest BCUT2D eigenvalue weighted by atomic mass is 10.1. The largest absolute Gasteiger partial charge is 0.327 e. The second kappa shape index (κ2) is 12.1. The summed E-state index contributed by atoms with van der Waals surface area (Å²) < 4.78 is 0. The van der Waals surface area contributed by atoms with Gasteiger partial charge in [-0.1, -0.05) is 76.0 Å². The van der Waals surface area contributed by atoms with Crippen LogP contribution in [0.15, 0.2) is 29.2 Å². The molecule has 0 saturated heterocycles. The molecule has 21 heavy (non-hydrogen) atoms. The summed E-state index contributed by atoms with van der Waals surface area (Å²) in [6.45, 7) is 4.40. The molecule has 0 heterocycles. The van der Waals surface area contributed by atoms with Gasteiger partial charge in [0.1, 0.15) is 0 Å². The van der Waals surface area contributed by atoms with Crippen molar-refractivity contribution in [1.82, 2.24) is 0 Å². The first-order valence-electron chi connectivity index (χ1n) is 8.67. The van der Waals surface area contributed by atoms with E-state index < -0.39 is 0 Å². The van der Waals surface area contributed by atoms with Crippen LogP contribution in [-0.2, 0) is 0 Å². The van der Waals surface area contributed by atoms with Crippen LogP contribution in [-0.4, -0.2) is 11.8 Å². The Kier molecular flexibility index (Phi) is 10.7. The number of aryl methyl sites for hydroxylation is 1. The number of hydrogen-bond acceptors (Lipinski definition) is 2. The van der Waals surface area contributed by atoms with Crippen LogP contribution in [0.2, 0.25) is 0 Å². The van der Waals surface area contributed by atoms with E-state index in [4.69, 9.17) is 5.73 Å². The molecule has 0 aliphatic carbocycles. The van der Waals surface area contributed by atoms with E-state index in [1.807, 2.05) is 11.8 Å². The molecule has 0 fully saturated rings. The molecular formula is C19H33NS. The molecule has 0 saturated carbocycles. The van der Waals surface area contributed by atoms with Crippen molar-refractivity contribution in [3.8, 4) is 0 Å². The van der Waals surface area contributed by atoms with E-state index in [0.717, 1.165) is 5.75 Å². The predicted molar refractivity (Wildman–Crippen MR) is 97.1 cm³/mol. The summed E-state index contributed by atoms with van der Waals surface area (Å²) in [5.41, 5.74) is 7.53. The molecule has 0 amide bonds. The third-order valence-corrected chi connectivity index (χ3v) is 5.11. The smallest absolute Gasteiger partial charge is 0.0133 e. The Morgan fingerprint density at radius 2 is 1.48 bits per heavy atom. The highest BCUT2D eigenvalue weighted by molar-refractivity contribution is 7.99. The van der Waals surface area contributed by atoms with Gasteiger partial charge in [-0.15, -0.1) is 11.8 Å². The van der Waals surface area contributed by atoms with E-state index in [1.165, 1.54) is 68.2 Å². The molecule has 1 aromatic carbocycles. The number of rotatable bonds is 12. The van der Waals surface area contributed by atoms with Gasteiger partial charge in [0.05, 0.1) is 0 Å². The summed E-state index contributed by atoms with van der Waals surface area (Å²) in [6.07, 6.45) is 12.2. The highest BCUT2D eigenvalue weighted by atomic mass is 32.2. The van der Waals surface area contributed by atoms with Crippen molar-refractivity contribution < 1.29 is 0 Å². The fraction of sp³-hybridized carbons (Fsp3) is 0.684. The number of unbranched alkanes of at least 4 members (excludes halogenated alkanes) is 7. The van der Waals surface area contributed by atoms with Crippen LogP contribution in [0.5, 0.6) is 0 Å². The molecule has 1 aromatic rings. The number of benzene rings is 1. The first kappa shape index (κ1) is 18.6. The van der Waals surface area contributed by atoms with Gasteiger partial charge in [0.25, 0.3) is 0 Å². The topological polar surface area (TPSA) is 26.0 Å². The van der Waals surface area contributed by atoms with Crippen LogP contribution in [0.25, 0.3) is 0 Å². The van der Waals surface area contributed by atoms with Gasteiger partial charge >= 0.3 is 0 Å². The van der Waals surface area contributed by atoms with E-state index in [0.29, 0.717) is 6.04 Å². The first-order valence-corrected chi connectivity index (χ1v) is 9.66. The zero-order chi connectivity index (χ0) is 15.3. The van der Waals surface area contributed by atoms with Crippen LogP contribution >= 0.6 is 11.8 Å². The van der Waals surface area contributed by atoms with Crippen molar-refractivity contribution in [2.45, 2.75) is 82.6 Å². The van der Waals surface area contributed by atoms with Crippen molar-refractivity contribution in [2.75, 3.05) is 5.75 Å². The molecule has 1 unspecified atom stereocenters. The maximum Gasteiger partial charge on any atom is 0.0133 e. The Bertz CT molecular complexity index is 347. The zero-order valence-corrected chi connectivity index (χ0v) is 14.8. The van der Waals surface area contributed by atoms with Crippen molar-refractivity contribution in [2.24, 2.45) is 5.73 Å². The average molecular weight is 308 g/mol. The molecule has 0 aromatic heterocycles. The average Bonchev–Trinajstić information content (AvgIpc) is 2.49. The second-order valence-corrected chi connectivity index (χ2v) is 7.24. The van der Waals surface area contributed by atoms with Gasteiger partial charge < -0.3 is 5.73 Å². The van der Waals surface area contributed by atoms with Crippen LogP contribution in [0, 0.1) is 6.92 Å². The van der Waals surface area contributed by atoms with Gasteiger partial charge in [-0.2, -0.15) is 0 Å². The predicted octanol–water partition coefficient (Wildman–Crippen LogP) is 5.95. The Hall–Kier alpha value is -0.470. The monoisotopic (exact) mass is 307 g/mol. The molecule has 1 atom stereocenters. The van der Waals surface area contributed by atoms with Gasteiger partial charge in [-0.3, -0.25) is 0 Å². The van der Waals surface area contributed by atoms with Gasteiger partial charge in [0.2, 0.25) is 0 Å². The van der Waals surface area contributed by atoms with Crippen LogP contribution < -0.4 is 5.73 Å². The Morgan fingerprint density at radius 3 is 2.10 bits per heavy atom. The van der Waals surface area contributed by atoms with Crippen LogP contribution in [0.4, 0.5) is 0 Å². The molecular weight excluding hydrogens is 274 g/mol. The zero-order valence-electron chi connectivity index (χ0n) is 13.9. The maximum absolute atomic E-state index is 6.21. The SMILES string of the molecule is CCCCCCCCCCC(N)CSc1ccc(C)cc1. The van der Waals surface area contributed by atoms with Gasteiger partial charge in [0, 0.05) is 16.7 Å². The molecule has 0 radical (unpaired) electrons. The van der Waals surface area contributed by atoms with Crippen LogP contribution in [0.3, 0.4) is 0 Å². The number of nitrogens with two attached hydrogens (primary N) is 1. The molecule has 1 rings (SSSR count). The van der Waals surface area contributed by atoms with Gasteiger partial charge in [-0.25, -0.2) is 0 Å². The summed E-state index contributed by atoms with van der Waals surface area (Å²) in [6, 6.07) is 9.08. The molecule has 0 aliphatic rings. The van der Waals surface area contributed by atoms with E-state index in [2.05, 4.69) is 38.1 Å². The normalized spacial score (nSPS) is 12.5. The Morgan fingerprint density at radius 1 is 0.905 bits per heavy atom. The molecule has 120 valence electrons. The minimum absolute atomic E-state index is 0.344. The standard InChI is InChI=1S/C19H33NS/c1-3-4-5-6-7-8-9-10-11-18(20)16-21-19-14-12-17(2)13-15-19/h12-15,18H,3-11,16,20H2,1-2H3. The molecule has 2 heteroatoms. The molecule has 0 spiro atoms. The molecule has 0 aliphatic heterocycles. The minimum atomic E-state index is 0.344. The molecule has 0 bridgehead atoms. The summed E-state index contributed by atoms with van der Waals surface area (Å²) in [5, 5.41) is 0. The Labute approximate surface area is 136 Å². The highest BCUT2D eigenvalue weighted by Crippen LogP contribution is 2.20. The third kappa shape index (κ3) is 9.97. The lowest BCUT2D eigenvalue weighted by Crippen LogP contribution is -2.22. The number of hydrogen-bond donors (Lipinski definition) is 1. The third-order valence-electron chi connectivity index (χ3n) is 3.91. The summed E-state index contributed by atoms with van der Waals surface area (Å²) in [7, 11) is 0. The first-order chi connectivity index (χ1) is 10.2. The highest BCUT2D eigenvalue weighted by Gasteiger charge is 2.03. The summed E-state index contributed by atoms with van der Waals surface area (Å²) in [4.78, 5) is 1.34. The van der Waals surface area contributed by atoms with Crippen molar-refractivity contribution in [3.05, 3.63) is 29.8 Å². The number of thioether (sulfide) groups is 1. The van der Waals surface area contributed by atoms with E-state index in [1.54, 1.807) is 0 Å². The molecule has 1 nitrogen and oxygen atoms in total. The fourth-order valence-electron chi connectivity index (χ4n) is 2.46. The van der Waals surface area contributed by atoms with E-state index in [-0.39, 0.29) is 0 Å². The van der Waals surface area contributed by atoms with E-state index >= 15 is 0 Å². The van der Waals surface area contributed by atoms with Crippen molar-refractivity contribution in [3.63, 3.8) is 0 Å². The quantitative estimate of drug-likeness (QED) is 0.381. The summed E-state index contributed by atoms with van der Waals surface area (Å²) >= 11 is 1.89. The lowest BCUT2D eigenvalue weighted by molar-refractivity contribution is 0.543. The Balaban J connectivity index is 1.96. The fourth-order valence-corrected chi connectivity index (χ4v) is 3.36.